The van der Waals surface area contributed by atoms with Crippen molar-refractivity contribution < 1.29 is 38.6 Å². The van der Waals surface area contributed by atoms with Gasteiger partial charge in [0.1, 0.15) is 37.3 Å². The molecule has 65 heavy (non-hydrogen) atoms. The average molecular weight is 898 g/mol. The lowest BCUT2D eigenvalue weighted by molar-refractivity contribution is -0.138. The molecule has 14 heteroatoms. The molecule has 0 fully saturated rings. The molecule has 6 rings (SSSR count). The fourth-order valence-corrected chi connectivity index (χ4v) is 9.54. The van der Waals surface area contributed by atoms with Gasteiger partial charge in [-0.05, 0) is 58.7 Å². The number of thioether (sulfide) groups is 1. The Morgan fingerprint density at radius 3 is 1.57 bits per heavy atom. The molecule has 0 saturated heterocycles. The number of carboxylic acid groups (broad SMARTS) is 1. The second-order valence-corrected chi connectivity index (χ2v) is 17.3. The molecule has 0 bridgehead atoms. The van der Waals surface area contributed by atoms with Crippen molar-refractivity contribution in [2.45, 2.75) is 68.9 Å². The van der Waals surface area contributed by atoms with Gasteiger partial charge in [0, 0.05) is 11.7 Å². The molecule has 1 aliphatic carbocycles. The number of aliphatic carboxylic acids is 1. The molecule has 5 amide bonds. The van der Waals surface area contributed by atoms with Gasteiger partial charge < -0.3 is 36.4 Å². The zero-order chi connectivity index (χ0) is 46.5. The van der Waals surface area contributed by atoms with Crippen LogP contribution in [0.5, 0.6) is 0 Å². The number of carbonyl (C=O) groups is 6. The summed E-state index contributed by atoms with van der Waals surface area (Å²) >= 11 is 1.43. The summed E-state index contributed by atoms with van der Waals surface area (Å²) in [5.41, 5.74) is 6.99. The maximum atomic E-state index is 14.7. The van der Waals surface area contributed by atoms with Crippen LogP contribution in [-0.2, 0) is 33.5 Å². The van der Waals surface area contributed by atoms with Crippen molar-refractivity contribution in [3.63, 3.8) is 0 Å². The zero-order valence-corrected chi connectivity index (χ0v) is 37.6. The van der Waals surface area contributed by atoms with E-state index in [-0.39, 0.29) is 18.3 Å². The van der Waals surface area contributed by atoms with E-state index in [0.29, 0.717) is 6.42 Å². The minimum atomic E-state index is -1.26. The number of hydrogen-bond donors (Lipinski definition) is 6. The van der Waals surface area contributed by atoms with Crippen LogP contribution in [-0.4, -0.2) is 83.9 Å². The normalized spacial score (nSPS) is 14.2. The lowest BCUT2D eigenvalue weighted by Crippen LogP contribution is -2.60. The van der Waals surface area contributed by atoms with Gasteiger partial charge in [-0.15, -0.1) is 11.8 Å². The minimum Gasteiger partial charge on any atom is -0.480 e. The fraction of sp³-hybridized carbons (Fsp3) is 0.294. The van der Waals surface area contributed by atoms with Crippen molar-refractivity contribution in [2.24, 2.45) is 5.92 Å². The van der Waals surface area contributed by atoms with E-state index in [1.807, 2.05) is 146 Å². The number of hydrogen-bond acceptors (Lipinski definition) is 8. The smallest absolute Gasteiger partial charge is 0.407 e. The standard InChI is InChI=1S/C51H55N5O8S/c1-5-32(2)45(49(62)53-33(3)46(59)52-29-44(57)58)56-48(61)43(31-65-51(35-19-9-6-10-20-35,36-21-11-7-12-22-36)37-23-13-8-14-24-37)55-47(60)34(4)54-50(63)64-30-42-40-27-17-15-25-38(40)39-26-16-18-28-41(39)42/h6-28,32-34,42-43,45H,5,29-31H2,1-4H3,(H,52,59)(H,53,62)(H,54,63)(H,55,60)(H,56,61)(H,57,58)/t32-,33-,34-,43-,45-/m0/s1. The van der Waals surface area contributed by atoms with Crippen LogP contribution >= 0.6 is 11.8 Å². The molecule has 6 N–H and O–H groups in total. The van der Waals surface area contributed by atoms with Gasteiger partial charge in [-0.3, -0.25) is 24.0 Å². The van der Waals surface area contributed by atoms with E-state index in [4.69, 9.17) is 9.84 Å². The Kier molecular flexibility index (Phi) is 16.2. The van der Waals surface area contributed by atoms with Crippen molar-refractivity contribution in [1.29, 1.82) is 0 Å². The zero-order valence-electron chi connectivity index (χ0n) is 36.8. The first-order valence-electron chi connectivity index (χ1n) is 21.7. The fourth-order valence-electron chi connectivity index (χ4n) is 7.98. The van der Waals surface area contributed by atoms with Crippen LogP contribution in [0.1, 0.15) is 67.9 Å². The first kappa shape index (κ1) is 47.5. The Morgan fingerprint density at radius 2 is 1.08 bits per heavy atom. The quantitative estimate of drug-likeness (QED) is 0.0483. The second-order valence-electron chi connectivity index (χ2n) is 16.1. The highest BCUT2D eigenvalue weighted by Crippen LogP contribution is 2.49. The van der Waals surface area contributed by atoms with E-state index >= 15 is 0 Å². The third kappa shape index (κ3) is 11.4. The number of nitrogens with one attached hydrogen (secondary N) is 5. The van der Waals surface area contributed by atoms with Crippen LogP contribution in [0.2, 0.25) is 0 Å². The van der Waals surface area contributed by atoms with Crippen molar-refractivity contribution >= 4 is 47.5 Å². The molecule has 5 atom stereocenters. The molecule has 5 aromatic rings. The number of carbonyl (C=O) groups excluding carboxylic acids is 5. The van der Waals surface area contributed by atoms with Gasteiger partial charge in [0.25, 0.3) is 0 Å². The van der Waals surface area contributed by atoms with Crippen molar-refractivity contribution in [1.82, 2.24) is 26.6 Å². The molecular weight excluding hydrogens is 843 g/mol. The Bertz CT molecular complexity index is 2310. The van der Waals surface area contributed by atoms with Gasteiger partial charge in [0.2, 0.25) is 23.6 Å². The molecular formula is C51H55N5O8S. The van der Waals surface area contributed by atoms with E-state index in [9.17, 15) is 28.8 Å². The summed E-state index contributed by atoms with van der Waals surface area (Å²) in [5, 5.41) is 22.2. The largest absolute Gasteiger partial charge is 0.480 e. The van der Waals surface area contributed by atoms with E-state index in [1.54, 1.807) is 6.92 Å². The predicted molar refractivity (Wildman–Crippen MR) is 251 cm³/mol. The van der Waals surface area contributed by atoms with Gasteiger partial charge in [-0.2, -0.15) is 0 Å². The highest BCUT2D eigenvalue weighted by molar-refractivity contribution is 8.00. The Balaban J connectivity index is 1.25. The van der Waals surface area contributed by atoms with E-state index in [0.717, 1.165) is 38.9 Å². The maximum absolute atomic E-state index is 14.7. The molecule has 5 aromatic carbocycles. The SMILES string of the molecule is CC[C@H](C)[C@H](NC(=O)[C@H](CSC(c1ccccc1)(c1ccccc1)c1ccccc1)NC(=O)[C@H](C)NC(=O)OCC1c2ccccc2-c2ccccc21)C(=O)N[C@@H](C)C(=O)NCC(=O)O. The van der Waals surface area contributed by atoms with Crippen LogP contribution in [0.4, 0.5) is 4.79 Å². The molecule has 1 aliphatic rings. The van der Waals surface area contributed by atoms with Gasteiger partial charge in [-0.25, -0.2) is 4.79 Å². The lowest BCUT2D eigenvalue weighted by atomic mass is 9.84. The van der Waals surface area contributed by atoms with E-state index < -0.39 is 77.1 Å². The topological polar surface area (TPSA) is 192 Å². The summed E-state index contributed by atoms with van der Waals surface area (Å²) in [5.74, 6) is -4.59. The number of rotatable bonds is 20. The van der Waals surface area contributed by atoms with Crippen LogP contribution < -0.4 is 26.6 Å². The number of amides is 5. The van der Waals surface area contributed by atoms with Crippen LogP contribution in [0.25, 0.3) is 11.1 Å². The molecule has 0 heterocycles. The van der Waals surface area contributed by atoms with E-state index in [2.05, 4.69) is 26.6 Å². The van der Waals surface area contributed by atoms with E-state index in [1.165, 1.54) is 25.6 Å². The molecule has 0 aliphatic heterocycles. The lowest BCUT2D eigenvalue weighted by Gasteiger charge is -2.37. The number of carboxylic acids is 1. The summed E-state index contributed by atoms with van der Waals surface area (Å²) in [6.07, 6.45) is -0.347. The van der Waals surface area contributed by atoms with Crippen LogP contribution in [0.15, 0.2) is 140 Å². The van der Waals surface area contributed by atoms with Crippen LogP contribution in [0, 0.1) is 5.92 Å². The molecule has 0 unspecified atom stereocenters. The van der Waals surface area contributed by atoms with Gasteiger partial charge in [-0.1, -0.05) is 160 Å². The Morgan fingerprint density at radius 1 is 0.600 bits per heavy atom. The summed E-state index contributed by atoms with van der Waals surface area (Å²) in [4.78, 5) is 79.5. The first-order chi connectivity index (χ1) is 31.3. The molecule has 13 nitrogen and oxygen atoms in total. The predicted octanol–water partition coefficient (Wildman–Crippen LogP) is 6.36. The molecule has 0 radical (unpaired) electrons. The summed E-state index contributed by atoms with van der Waals surface area (Å²) in [6.45, 7) is 5.93. The summed E-state index contributed by atoms with van der Waals surface area (Å²) in [7, 11) is 0. The van der Waals surface area contributed by atoms with Gasteiger partial charge in [0.05, 0.1) is 4.75 Å². The van der Waals surface area contributed by atoms with Crippen molar-refractivity contribution in [3.8, 4) is 11.1 Å². The number of fused-ring (bicyclic) bond motifs is 3. The summed E-state index contributed by atoms with van der Waals surface area (Å²) in [6, 6.07) is 40.7. The molecule has 0 spiro atoms. The molecule has 0 saturated carbocycles. The molecule has 338 valence electrons. The van der Waals surface area contributed by atoms with Crippen LogP contribution in [0.3, 0.4) is 0 Å². The molecule has 0 aromatic heterocycles. The summed E-state index contributed by atoms with van der Waals surface area (Å²) < 4.78 is 4.85. The second kappa shape index (κ2) is 22.1. The number of benzene rings is 5. The maximum Gasteiger partial charge on any atom is 0.407 e. The highest BCUT2D eigenvalue weighted by Gasteiger charge is 2.40. The highest BCUT2D eigenvalue weighted by atomic mass is 32.2. The van der Waals surface area contributed by atoms with Crippen molar-refractivity contribution in [3.05, 3.63) is 167 Å². The third-order valence-corrected chi connectivity index (χ3v) is 13.3. The Labute approximate surface area is 383 Å². The van der Waals surface area contributed by atoms with Gasteiger partial charge >= 0.3 is 12.1 Å². The number of ether oxygens (including phenoxy) is 1. The number of alkyl carbamates (subject to hydrolysis) is 1. The third-order valence-electron chi connectivity index (χ3n) is 11.7. The van der Waals surface area contributed by atoms with Gasteiger partial charge in [0.15, 0.2) is 0 Å². The van der Waals surface area contributed by atoms with Crippen molar-refractivity contribution in [2.75, 3.05) is 18.9 Å². The first-order valence-corrected chi connectivity index (χ1v) is 22.6. The Hall–Kier alpha value is -6.93. The minimum absolute atomic E-state index is 0.00321. The monoisotopic (exact) mass is 897 g/mol. The average Bonchev–Trinajstić information content (AvgIpc) is 3.65.